The smallest absolute Gasteiger partial charge is 0.255 e. The predicted molar refractivity (Wildman–Crippen MR) is 36.7 cm³/mol. The molecule has 3 amide bonds. The van der Waals surface area contributed by atoms with Crippen LogP contribution >= 0.6 is 0 Å². The summed E-state index contributed by atoms with van der Waals surface area (Å²) < 4.78 is 4.61. The van der Waals surface area contributed by atoms with Crippen molar-refractivity contribution in [3.8, 4) is 0 Å². The molecule has 1 aliphatic rings. The van der Waals surface area contributed by atoms with E-state index in [2.05, 4.69) is 4.74 Å². The Bertz CT molecular complexity index is 222. The Hall–Kier alpha value is -1.43. The minimum atomic E-state index is -0.710. The van der Waals surface area contributed by atoms with Gasteiger partial charge in [0.2, 0.25) is 5.91 Å². The Kier molecular flexibility index (Phi) is 2.39. The number of hydrogen-bond donors (Lipinski definition) is 1. The molecule has 2 N–H and O–H groups in total. The number of carbonyl (C=O) groups is 3. The Morgan fingerprint density at radius 2 is 1.92 bits per heavy atom. The first-order chi connectivity index (χ1) is 5.61. The van der Waals surface area contributed by atoms with Crippen LogP contribution in [0.15, 0.2) is 0 Å². The van der Waals surface area contributed by atoms with Gasteiger partial charge in [-0.3, -0.25) is 19.3 Å². The zero-order valence-electron chi connectivity index (χ0n) is 6.28. The summed E-state index contributed by atoms with van der Waals surface area (Å²) in [5.41, 5.74) is 4.82. The monoisotopic (exact) mass is 172 g/mol. The quantitative estimate of drug-likeness (QED) is 0.481. The molecule has 1 saturated heterocycles. The Morgan fingerprint density at radius 3 is 2.33 bits per heavy atom. The average Bonchev–Trinajstić information content (AvgIpc) is 1.97. The van der Waals surface area contributed by atoms with Gasteiger partial charge in [0.05, 0.1) is 0 Å². The highest BCUT2D eigenvalue weighted by molar-refractivity contribution is 6.01. The third-order valence-electron chi connectivity index (χ3n) is 1.37. The van der Waals surface area contributed by atoms with Gasteiger partial charge < -0.3 is 10.5 Å². The lowest BCUT2D eigenvalue weighted by molar-refractivity contribution is -0.160. The molecule has 0 aliphatic carbocycles. The van der Waals surface area contributed by atoms with Crippen molar-refractivity contribution in [1.29, 1.82) is 0 Å². The van der Waals surface area contributed by atoms with Crippen LogP contribution in [0.1, 0.15) is 0 Å². The van der Waals surface area contributed by atoms with Crippen LogP contribution in [0.5, 0.6) is 0 Å². The fourth-order valence-electron chi connectivity index (χ4n) is 0.853. The van der Waals surface area contributed by atoms with E-state index in [-0.39, 0.29) is 19.8 Å². The summed E-state index contributed by atoms with van der Waals surface area (Å²) >= 11 is 0. The highest BCUT2D eigenvalue weighted by Crippen LogP contribution is 1.99. The number of rotatable bonds is 2. The summed E-state index contributed by atoms with van der Waals surface area (Å²) in [4.78, 5) is 33.0. The van der Waals surface area contributed by atoms with Crippen LogP contribution in [0, 0.1) is 0 Å². The highest BCUT2D eigenvalue weighted by Gasteiger charge is 2.27. The second kappa shape index (κ2) is 3.31. The van der Waals surface area contributed by atoms with Crippen molar-refractivity contribution < 1.29 is 19.1 Å². The number of hydrogen-bond acceptors (Lipinski definition) is 4. The average molecular weight is 172 g/mol. The topological polar surface area (TPSA) is 89.7 Å². The molecule has 1 aliphatic heterocycles. The van der Waals surface area contributed by atoms with E-state index in [1.807, 2.05) is 0 Å². The summed E-state index contributed by atoms with van der Waals surface area (Å²) in [5, 5.41) is 0. The first kappa shape index (κ1) is 8.66. The number of nitrogens with zero attached hydrogens (tertiary/aromatic N) is 1. The van der Waals surface area contributed by atoms with Gasteiger partial charge in [0.1, 0.15) is 19.8 Å². The largest absolute Gasteiger partial charge is 0.368 e. The standard InChI is InChI=1S/C6H8N2O4/c7-4(9)1-8-5(10)2-12-3-6(8)11/h1-3H2,(H2,7,9). The molecule has 0 bridgehead atoms. The molecule has 0 unspecified atom stereocenters. The van der Waals surface area contributed by atoms with E-state index >= 15 is 0 Å². The molecule has 6 heteroatoms. The minimum absolute atomic E-state index is 0.168. The van der Waals surface area contributed by atoms with Gasteiger partial charge in [-0.25, -0.2) is 0 Å². The van der Waals surface area contributed by atoms with Gasteiger partial charge in [0.25, 0.3) is 11.8 Å². The van der Waals surface area contributed by atoms with Gasteiger partial charge in [-0.2, -0.15) is 0 Å². The van der Waals surface area contributed by atoms with Crippen LogP contribution in [0.3, 0.4) is 0 Å². The maximum Gasteiger partial charge on any atom is 0.255 e. The number of ether oxygens (including phenoxy) is 1. The number of amides is 3. The van der Waals surface area contributed by atoms with Crippen molar-refractivity contribution in [3.05, 3.63) is 0 Å². The summed E-state index contributed by atoms with van der Waals surface area (Å²) in [6.45, 7) is -0.695. The summed E-state index contributed by atoms with van der Waals surface area (Å²) in [6.07, 6.45) is 0. The third kappa shape index (κ3) is 1.79. The lowest BCUT2D eigenvalue weighted by atomic mass is 10.4. The van der Waals surface area contributed by atoms with E-state index in [9.17, 15) is 14.4 Å². The van der Waals surface area contributed by atoms with Crippen LogP contribution < -0.4 is 5.73 Å². The number of morpholine rings is 1. The number of imide groups is 1. The van der Waals surface area contributed by atoms with Gasteiger partial charge in [-0.05, 0) is 0 Å². The molecule has 1 heterocycles. The molecule has 0 aromatic carbocycles. The molecular formula is C6H8N2O4. The Morgan fingerprint density at radius 1 is 1.42 bits per heavy atom. The molecule has 0 atom stereocenters. The first-order valence-electron chi connectivity index (χ1n) is 3.30. The van der Waals surface area contributed by atoms with Crippen molar-refractivity contribution in [2.45, 2.75) is 0 Å². The summed E-state index contributed by atoms with van der Waals surface area (Å²) in [7, 11) is 0. The van der Waals surface area contributed by atoms with Crippen LogP contribution in [-0.2, 0) is 19.1 Å². The van der Waals surface area contributed by atoms with Gasteiger partial charge in [-0.15, -0.1) is 0 Å². The van der Waals surface area contributed by atoms with E-state index in [1.165, 1.54) is 0 Å². The SMILES string of the molecule is NC(=O)CN1C(=O)COCC1=O. The van der Waals surface area contributed by atoms with Crippen LogP contribution in [0.25, 0.3) is 0 Å². The van der Waals surface area contributed by atoms with Crippen molar-refractivity contribution in [1.82, 2.24) is 4.90 Å². The van der Waals surface area contributed by atoms with Crippen molar-refractivity contribution >= 4 is 17.7 Å². The van der Waals surface area contributed by atoms with Gasteiger partial charge in [0.15, 0.2) is 0 Å². The Labute approximate surface area is 68.3 Å². The van der Waals surface area contributed by atoms with Gasteiger partial charge >= 0.3 is 0 Å². The van der Waals surface area contributed by atoms with Crippen LogP contribution in [-0.4, -0.2) is 42.4 Å². The molecule has 0 aromatic rings. The zero-order valence-corrected chi connectivity index (χ0v) is 6.28. The van der Waals surface area contributed by atoms with Crippen molar-refractivity contribution in [3.63, 3.8) is 0 Å². The second-order valence-corrected chi connectivity index (χ2v) is 2.33. The Balaban J connectivity index is 2.63. The molecule has 12 heavy (non-hydrogen) atoms. The fraction of sp³-hybridized carbons (Fsp3) is 0.500. The molecule has 66 valence electrons. The van der Waals surface area contributed by atoms with E-state index in [1.54, 1.807) is 0 Å². The third-order valence-corrected chi connectivity index (χ3v) is 1.37. The highest BCUT2D eigenvalue weighted by atomic mass is 16.5. The number of primary amides is 1. The van der Waals surface area contributed by atoms with Crippen LogP contribution in [0.2, 0.25) is 0 Å². The van der Waals surface area contributed by atoms with E-state index in [0.29, 0.717) is 0 Å². The summed E-state index contributed by atoms with van der Waals surface area (Å²) in [6, 6.07) is 0. The first-order valence-corrected chi connectivity index (χ1v) is 3.30. The molecule has 1 rings (SSSR count). The summed E-state index contributed by atoms with van der Waals surface area (Å²) in [5.74, 6) is -1.76. The maximum atomic E-state index is 10.9. The van der Waals surface area contributed by atoms with E-state index in [0.717, 1.165) is 4.90 Å². The molecule has 0 spiro atoms. The number of nitrogens with two attached hydrogens (primary N) is 1. The van der Waals surface area contributed by atoms with Crippen molar-refractivity contribution in [2.24, 2.45) is 5.73 Å². The fourth-order valence-corrected chi connectivity index (χ4v) is 0.853. The molecule has 6 nitrogen and oxygen atoms in total. The second-order valence-electron chi connectivity index (χ2n) is 2.33. The van der Waals surface area contributed by atoms with Gasteiger partial charge in [-0.1, -0.05) is 0 Å². The van der Waals surface area contributed by atoms with Crippen LogP contribution in [0.4, 0.5) is 0 Å². The van der Waals surface area contributed by atoms with E-state index < -0.39 is 17.7 Å². The molecule has 1 fully saturated rings. The molecule has 0 saturated carbocycles. The number of carbonyl (C=O) groups excluding carboxylic acids is 3. The minimum Gasteiger partial charge on any atom is -0.368 e. The predicted octanol–water partition coefficient (Wildman–Crippen LogP) is -2.14. The lowest BCUT2D eigenvalue weighted by Crippen LogP contribution is -2.49. The normalized spacial score (nSPS) is 18.2. The maximum absolute atomic E-state index is 10.9. The zero-order chi connectivity index (χ0) is 9.14. The van der Waals surface area contributed by atoms with Gasteiger partial charge in [0, 0.05) is 0 Å². The van der Waals surface area contributed by atoms with E-state index in [4.69, 9.17) is 5.73 Å². The lowest BCUT2D eigenvalue weighted by Gasteiger charge is -2.23. The molecular weight excluding hydrogens is 164 g/mol. The molecule has 0 aromatic heterocycles. The van der Waals surface area contributed by atoms with Crippen molar-refractivity contribution in [2.75, 3.05) is 19.8 Å². The molecule has 0 radical (unpaired) electrons.